The molecule has 0 saturated carbocycles. The van der Waals surface area contributed by atoms with Gasteiger partial charge in [0.15, 0.2) is 0 Å². The number of anilines is 3. The second-order valence-electron chi connectivity index (χ2n) is 6.62. The first-order valence-electron chi connectivity index (χ1n) is 8.96. The Morgan fingerprint density at radius 3 is 2.77 bits per heavy atom. The molecule has 8 heteroatoms. The maximum absolute atomic E-state index is 6.30. The van der Waals surface area contributed by atoms with Gasteiger partial charge in [0.25, 0.3) is 0 Å². The van der Waals surface area contributed by atoms with E-state index in [-0.39, 0.29) is 0 Å². The lowest BCUT2D eigenvalue weighted by atomic mass is 10.2. The van der Waals surface area contributed by atoms with E-state index in [2.05, 4.69) is 31.7 Å². The van der Waals surface area contributed by atoms with Crippen LogP contribution < -0.4 is 14.7 Å². The van der Waals surface area contributed by atoms with Gasteiger partial charge in [0.1, 0.15) is 11.6 Å². The SMILES string of the molecule is CN(c1ccnc(N2CCOCC2)n1)C1CCN(c2ncccc2Cl)C1. The molecule has 4 rings (SSSR count). The van der Waals surface area contributed by atoms with Crippen molar-refractivity contribution in [2.45, 2.75) is 12.5 Å². The Balaban J connectivity index is 1.46. The molecule has 2 aliphatic rings. The summed E-state index contributed by atoms with van der Waals surface area (Å²) in [5, 5.41) is 0.701. The van der Waals surface area contributed by atoms with Gasteiger partial charge in [-0.25, -0.2) is 9.97 Å². The third-order valence-corrected chi connectivity index (χ3v) is 5.33. The van der Waals surface area contributed by atoms with E-state index in [4.69, 9.17) is 21.3 Å². The molecule has 26 heavy (non-hydrogen) atoms. The van der Waals surface area contributed by atoms with Crippen molar-refractivity contribution in [3.05, 3.63) is 35.6 Å². The summed E-state index contributed by atoms with van der Waals surface area (Å²) >= 11 is 6.30. The summed E-state index contributed by atoms with van der Waals surface area (Å²) in [6.45, 7) is 4.94. The normalized spacial score (nSPS) is 20.5. The van der Waals surface area contributed by atoms with E-state index in [9.17, 15) is 0 Å². The first-order chi connectivity index (χ1) is 12.7. The summed E-state index contributed by atoms with van der Waals surface area (Å²) in [6.07, 6.45) is 4.67. The highest BCUT2D eigenvalue weighted by atomic mass is 35.5. The maximum Gasteiger partial charge on any atom is 0.227 e. The van der Waals surface area contributed by atoms with Gasteiger partial charge in [-0.3, -0.25) is 0 Å². The number of halogens is 1. The Hall–Kier alpha value is -2.12. The summed E-state index contributed by atoms with van der Waals surface area (Å²) in [5.41, 5.74) is 0. The van der Waals surface area contributed by atoms with Gasteiger partial charge >= 0.3 is 0 Å². The third-order valence-electron chi connectivity index (χ3n) is 5.03. The summed E-state index contributed by atoms with van der Waals surface area (Å²) < 4.78 is 5.41. The molecular formula is C18H23ClN6O. The molecule has 0 N–H and O–H groups in total. The van der Waals surface area contributed by atoms with Gasteiger partial charge in [-0.1, -0.05) is 11.6 Å². The van der Waals surface area contributed by atoms with Crippen molar-refractivity contribution in [1.29, 1.82) is 0 Å². The van der Waals surface area contributed by atoms with E-state index in [0.717, 1.165) is 63.4 Å². The lowest BCUT2D eigenvalue weighted by molar-refractivity contribution is 0.122. The first-order valence-corrected chi connectivity index (χ1v) is 9.34. The largest absolute Gasteiger partial charge is 0.378 e. The number of hydrogen-bond acceptors (Lipinski definition) is 7. The van der Waals surface area contributed by atoms with Crippen LogP contribution >= 0.6 is 11.6 Å². The van der Waals surface area contributed by atoms with Crippen LogP contribution in [0.25, 0.3) is 0 Å². The van der Waals surface area contributed by atoms with Crippen molar-refractivity contribution in [2.75, 3.05) is 61.1 Å². The number of likely N-dealkylation sites (N-methyl/N-ethyl adjacent to an activating group) is 1. The molecular weight excluding hydrogens is 352 g/mol. The summed E-state index contributed by atoms with van der Waals surface area (Å²) in [6, 6.07) is 6.08. The van der Waals surface area contributed by atoms with E-state index in [1.54, 1.807) is 6.20 Å². The zero-order valence-corrected chi connectivity index (χ0v) is 15.6. The van der Waals surface area contributed by atoms with Gasteiger partial charge in [0.2, 0.25) is 5.95 Å². The van der Waals surface area contributed by atoms with Crippen LogP contribution in [0.2, 0.25) is 5.02 Å². The standard InChI is InChI=1S/C18H23ClN6O/c1-23(14-5-8-25(13-14)17-15(19)3-2-6-20-17)16-4-7-21-18(22-16)24-9-11-26-12-10-24/h2-4,6-7,14H,5,8-13H2,1H3. The minimum absolute atomic E-state index is 0.362. The van der Waals surface area contributed by atoms with Crippen molar-refractivity contribution in [1.82, 2.24) is 15.0 Å². The molecule has 0 amide bonds. The van der Waals surface area contributed by atoms with E-state index < -0.39 is 0 Å². The highest BCUT2D eigenvalue weighted by molar-refractivity contribution is 6.32. The zero-order chi connectivity index (χ0) is 17.9. The molecule has 2 aliphatic heterocycles. The van der Waals surface area contributed by atoms with Crippen molar-refractivity contribution in [3.63, 3.8) is 0 Å². The number of pyridine rings is 1. The van der Waals surface area contributed by atoms with E-state index >= 15 is 0 Å². The summed E-state index contributed by atoms with van der Waals surface area (Å²) in [7, 11) is 2.10. The lowest BCUT2D eigenvalue weighted by Gasteiger charge is -2.29. The van der Waals surface area contributed by atoms with Gasteiger partial charge in [0, 0.05) is 51.7 Å². The van der Waals surface area contributed by atoms with Gasteiger partial charge in [-0.2, -0.15) is 4.98 Å². The number of morpholine rings is 1. The van der Waals surface area contributed by atoms with Gasteiger partial charge in [0.05, 0.1) is 18.2 Å². The predicted molar refractivity (Wildman–Crippen MR) is 103 cm³/mol. The van der Waals surface area contributed by atoms with Gasteiger partial charge in [-0.05, 0) is 24.6 Å². The molecule has 0 aromatic carbocycles. The van der Waals surface area contributed by atoms with Crippen LogP contribution in [0.3, 0.4) is 0 Å². The number of rotatable bonds is 4. The fraction of sp³-hybridized carbons (Fsp3) is 0.500. The van der Waals surface area contributed by atoms with Crippen molar-refractivity contribution in [2.24, 2.45) is 0 Å². The number of hydrogen-bond donors (Lipinski definition) is 0. The minimum Gasteiger partial charge on any atom is -0.378 e. The molecule has 4 heterocycles. The van der Waals surface area contributed by atoms with Crippen LogP contribution in [0.15, 0.2) is 30.6 Å². The topological polar surface area (TPSA) is 57.6 Å². The molecule has 1 atom stereocenters. The van der Waals surface area contributed by atoms with Crippen LogP contribution in [0, 0.1) is 0 Å². The second-order valence-corrected chi connectivity index (χ2v) is 7.03. The van der Waals surface area contributed by atoms with Crippen LogP contribution in [-0.2, 0) is 4.74 Å². The molecule has 0 bridgehead atoms. The quantitative estimate of drug-likeness (QED) is 0.812. The van der Waals surface area contributed by atoms with Crippen LogP contribution in [0.4, 0.5) is 17.6 Å². The molecule has 2 aromatic rings. The Kier molecular flexibility index (Phi) is 5.08. The smallest absolute Gasteiger partial charge is 0.227 e. The molecule has 0 spiro atoms. The average Bonchev–Trinajstić information content (AvgIpc) is 3.18. The van der Waals surface area contributed by atoms with Crippen molar-refractivity contribution in [3.8, 4) is 0 Å². The molecule has 1 unspecified atom stereocenters. The van der Waals surface area contributed by atoms with E-state index in [1.165, 1.54) is 0 Å². The maximum atomic E-state index is 6.30. The van der Waals surface area contributed by atoms with Crippen LogP contribution in [0.1, 0.15) is 6.42 Å². The van der Waals surface area contributed by atoms with Crippen molar-refractivity contribution >= 4 is 29.2 Å². The lowest BCUT2D eigenvalue weighted by Crippen LogP contribution is -2.38. The van der Waals surface area contributed by atoms with Crippen molar-refractivity contribution < 1.29 is 4.74 Å². The molecule has 2 fully saturated rings. The van der Waals surface area contributed by atoms with E-state index in [1.807, 2.05) is 24.4 Å². The third kappa shape index (κ3) is 3.54. The predicted octanol–water partition coefficient (Wildman–Crippen LogP) is 2.08. The highest BCUT2D eigenvalue weighted by Gasteiger charge is 2.28. The molecule has 7 nitrogen and oxygen atoms in total. The monoisotopic (exact) mass is 374 g/mol. The van der Waals surface area contributed by atoms with E-state index in [0.29, 0.717) is 11.1 Å². The zero-order valence-electron chi connectivity index (χ0n) is 14.9. The van der Waals surface area contributed by atoms with Gasteiger partial charge < -0.3 is 19.4 Å². The average molecular weight is 375 g/mol. The summed E-state index contributed by atoms with van der Waals surface area (Å²) in [4.78, 5) is 20.3. The first kappa shape index (κ1) is 17.3. The highest BCUT2D eigenvalue weighted by Crippen LogP contribution is 2.28. The Labute approximate surface area is 158 Å². The molecule has 0 radical (unpaired) electrons. The number of nitrogens with zero attached hydrogens (tertiary/aromatic N) is 6. The van der Waals surface area contributed by atoms with Crippen LogP contribution in [0.5, 0.6) is 0 Å². The molecule has 138 valence electrons. The van der Waals surface area contributed by atoms with Crippen LogP contribution in [-0.4, -0.2) is 67.4 Å². The molecule has 2 saturated heterocycles. The fourth-order valence-electron chi connectivity index (χ4n) is 3.50. The number of aromatic nitrogens is 3. The summed E-state index contributed by atoms with van der Waals surface area (Å²) in [5.74, 6) is 2.59. The second kappa shape index (κ2) is 7.63. The van der Waals surface area contributed by atoms with Gasteiger partial charge in [-0.15, -0.1) is 0 Å². The Bertz CT molecular complexity index is 754. The Morgan fingerprint density at radius 2 is 1.96 bits per heavy atom. The molecule has 2 aromatic heterocycles. The number of ether oxygens (including phenoxy) is 1. The minimum atomic E-state index is 0.362. The molecule has 0 aliphatic carbocycles. The Morgan fingerprint density at radius 1 is 1.12 bits per heavy atom. The fourth-order valence-corrected chi connectivity index (χ4v) is 3.74.